The molecule has 0 aliphatic heterocycles. The quantitative estimate of drug-likeness (QED) is 0.406. The largest absolute Gasteiger partial charge is 0.462 e. The third-order valence-electron chi connectivity index (χ3n) is 3.23. The SMILES string of the molecule is CCCOC(=O)c1ccc(CSc2nc(CSCC)cc(=O)[nH]2)cc1. The van der Waals surface area contributed by atoms with Crippen molar-refractivity contribution in [2.75, 3.05) is 12.4 Å². The van der Waals surface area contributed by atoms with Gasteiger partial charge in [-0.1, -0.05) is 37.7 Å². The molecule has 1 aromatic carbocycles. The minimum Gasteiger partial charge on any atom is -0.462 e. The Morgan fingerprint density at radius 2 is 1.96 bits per heavy atom. The lowest BCUT2D eigenvalue weighted by atomic mass is 10.1. The molecule has 0 aliphatic carbocycles. The van der Waals surface area contributed by atoms with Crippen LogP contribution in [-0.4, -0.2) is 28.3 Å². The first-order chi connectivity index (χ1) is 12.1. The number of nitrogens with zero attached hydrogens (tertiary/aromatic N) is 1. The van der Waals surface area contributed by atoms with Crippen LogP contribution in [0, 0.1) is 0 Å². The van der Waals surface area contributed by atoms with Crippen molar-refractivity contribution in [1.29, 1.82) is 0 Å². The summed E-state index contributed by atoms with van der Waals surface area (Å²) in [6, 6.07) is 8.86. The minimum absolute atomic E-state index is 0.127. The number of hydrogen-bond donors (Lipinski definition) is 1. The van der Waals surface area contributed by atoms with Gasteiger partial charge in [0.15, 0.2) is 5.16 Å². The van der Waals surface area contributed by atoms with Gasteiger partial charge < -0.3 is 9.72 Å². The second-order valence-corrected chi connectivity index (χ2v) is 7.54. The summed E-state index contributed by atoms with van der Waals surface area (Å²) in [5.41, 5.74) is 2.27. The van der Waals surface area contributed by atoms with E-state index in [2.05, 4.69) is 16.9 Å². The van der Waals surface area contributed by atoms with E-state index in [1.165, 1.54) is 11.8 Å². The van der Waals surface area contributed by atoms with Gasteiger partial charge >= 0.3 is 5.97 Å². The first-order valence-corrected chi connectivity index (χ1v) is 10.3. The maximum atomic E-state index is 11.8. The molecule has 1 N–H and O–H groups in total. The van der Waals surface area contributed by atoms with Crippen LogP contribution >= 0.6 is 23.5 Å². The lowest BCUT2D eigenvalue weighted by Gasteiger charge is -2.06. The second kappa shape index (κ2) is 10.3. The smallest absolute Gasteiger partial charge is 0.338 e. The summed E-state index contributed by atoms with van der Waals surface area (Å²) >= 11 is 3.21. The van der Waals surface area contributed by atoms with E-state index in [9.17, 15) is 9.59 Å². The molecule has 1 heterocycles. The summed E-state index contributed by atoms with van der Waals surface area (Å²) < 4.78 is 5.11. The Labute approximate surface area is 156 Å². The summed E-state index contributed by atoms with van der Waals surface area (Å²) in [4.78, 5) is 30.7. The van der Waals surface area contributed by atoms with Crippen molar-refractivity contribution in [3.63, 3.8) is 0 Å². The van der Waals surface area contributed by atoms with Gasteiger partial charge in [-0.15, -0.1) is 0 Å². The van der Waals surface area contributed by atoms with Gasteiger partial charge in [-0.3, -0.25) is 4.79 Å². The molecule has 0 saturated heterocycles. The van der Waals surface area contributed by atoms with Gasteiger partial charge in [-0.25, -0.2) is 9.78 Å². The molecule has 1 aromatic heterocycles. The predicted octanol–water partition coefficient (Wildman–Crippen LogP) is 3.88. The van der Waals surface area contributed by atoms with E-state index in [0.717, 1.165) is 29.2 Å². The molecule has 2 rings (SSSR count). The number of benzene rings is 1. The Morgan fingerprint density at radius 1 is 1.20 bits per heavy atom. The molecule has 0 saturated carbocycles. The lowest BCUT2D eigenvalue weighted by molar-refractivity contribution is 0.0505. The average Bonchev–Trinajstić information content (AvgIpc) is 2.62. The van der Waals surface area contributed by atoms with Gasteiger partial charge in [0.25, 0.3) is 5.56 Å². The molecule has 5 nitrogen and oxygen atoms in total. The van der Waals surface area contributed by atoms with E-state index in [1.807, 2.05) is 19.1 Å². The number of ether oxygens (including phenoxy) is 1. The van der Waals surface area contributed by atoms with E-state index in [1.54, 1.807) is 30.0 Å². The van der Waals surface area contributed by atoms with Crippen molar-refractivity contribution in [2.45, 2.75) is 36.9 Å². The number of hydrogen-bond acceptors (Lipinski definition) is 6. The number of aromatic amines is 1. The zero-order valence-corrected chi connectivity index (χ0v) is 16.0. The van der Waals surface area contributed by atoms with Gasteiger partial charge in [0, 0.05) is 17.6 Å². The van der Waals surface area contributed by atoms with Crippen LogP contribution < -0.4 is 5.56 Å². The number of H-pyrrole nitrogens is 1. The number of esters is 1. The summed E-state index contributed by atoms with van der Waals surface area (Å²) in [6.07, 6.45) is 0.807. The van der Waals surface area contributed by atoms with Gasteiger partial charge in [-0.05, 0) is 29.9 Å². The zero-order chi connectivity index (χ0) is 18.1. The normalized spacial score (nSPS) is 10.6. The van der Waals surface area contributed by atoms with Crippen LogP contribution in [0.5, 0.6) is 0 Å². The first-order valence-electron chi connectivity index (χ1n) is 8.19. The van der Waals surface area contributed by atoms with E-state index >= 15 is 0 Å². The van der Waals surface area contributed by atoms with Gasteiger partial charge in [-0.2, -0.15) is 11.8 Å². The summed E-state index contributed by atoms with van der Waals surface area (Å²) in [5, 5.41) is 0.616. The molecule has 0 bridgehead atoms. The first kappa shape index (κ1) is 19.6. The standard InChI is InChI=1S/C18H22N2O3S2/c1-3-9-23-17(22)14-7-5-13(6-8-14)11-25-18-19-15(12-24-4-2)10-16(21)20-18/h5-8,10H,3-4,9,11-12H2,1-2H3,(H,19,20,21). The number of thioether (sulfide) groups is 2. The topological polar surface area (TPSA) is 72.0 Å². The molecule has 0 aliphatic rings. The number of carbonyl (C=O) groups is 1. The molecular formula is C18H22N2O3S2. The molecule has 0 amide bonds. The monoisotopic (exact) mass is 378 g/mol. The van der Waals surface area contributed by atoms with E-state index in [4.69, 9.17) is 4.74 Å². The number of aromatic nitrogens is 2. The van der Waals surface area contributed by atoms with Crippen molar-refractivity contribution >= 4 is 29.5 Å². The molecule has 2 aromatic rings. The highest BCUT2D eigenvalue weighted by atomic mass is 32.2. The molecular weight excluding hydrogens is 356 g/mol. The number of nitrogens with one attached hydrogen (secondary N) is 1. The second-order valence-electron chi connectivity index (χ2n) is 5.30. The molecule has 0 radical (unpaired) electrons. The Bertz CT molecular complexity index is 745. The minimum atomic E-state index is -0.298. The van der Waals surface area contributed by atoms with Crippen LogP contribution in [0.1, 0.15) is 41.9 Å². The van der Waals surface area contributed by atoms with Crippen LogP contribution in [-0.2, 0) is 16.2 Å². The average molecular weight is 379 g/mol. The van der Waals surface area contributed by atoms with Crippen molar-refractivity contribution < 1.29 is 9.53 Å². The van der Waals surface area contributed by atoms with Crippen LogP contribution in [0.3, 0.4) is 0 Å². The highest BCUT2D eigenvalue weighted by Gasteiger charge is 2.07. The highest BCUT2D eigenvalue weighted by Crippen LogP contribution is 2.20. The highest BCUT2D eigenvalue weighted by molar-refractivity contribution is 7.98. The Kier molecular flexibility index (Phi) is 8.08. The van der Waals surface area contributed by atoms with Gasteiger partial charge in [0.2, 0.25) is 0 Å². The summed E-state index contributed by atoms with van der Waals surface area (Å²) in [7, 11) is 0. The predicted molar refractivity (Wildman–Crippen MR) is 103 cm³/mol. The van der Waals surface area contributed by atoms with Crippen LogP contribution in [0.15, 0.2) is 40.3 Å². The van der Waals surface area contributed by atoms with E-state index in [-0.39, 0.29) is 11.5 Å². The van der Waals surface area contributed by atoms with Crippen LogP contribution in [0.4, 0.5) is 0 Å². The van der Waals surface area contributed by atoms with E-state index in [0.29, 0.717) is 23.1 Å². The van der Waals surface area contributed by atoms with Crippen molar-refractivity contribution in [1.82, 2.24) is 9.97 Å². The van der Waals surface area contributed by atoms with E-state index < -0.39 is 0 Å². The fraction of sp³-hybridized carbons (Fsp3) is 0.389. The van der Waals surface area contributed by atoms with Gasteiger partial charge in [0.1, 0.15) is 0 Å². The summed E-state index contributed by atoms with van der Waals surface area (Å²) in [5.74, 6) is 2.10. The molecule has 7 heteroatoms. The molecule has 0 unspecified atom stereocenters. The molecule has 25 heavy (non-hydrogen) atoms. The third-order valence-corrected chi connectivity index (χ3v) is 5.08. The van der Waals surface area contributed by atoms with Crippen molar-refractivity contribution in [2.24, 2.45) is 0 Å². The van der Waals surface area contributed by atoms with Crippen LogP contribution in [0.25, 0.3) is 0 Å². The Morgan fingerprint density at radius 3 is 2.64 bits per heavy atom. The molecule has 0 spiro atoms. The molecule has 0 atom stereocenters. The summed E-state index contributed by atoms with van der Waals surface area (Å²) in [6.45, 7) is 4.47. The number of carbonyl (C=O) groups excluding carboxylic acids is 1. The number of rotatable bonds is 9. The maximum Gasteiger partial charge on any atom is 0.338 e. The fourth-order valence-electron chi connectivity index (χ4n) is 2.00. The van der Waals surface area contributed by atoms with Gasteiger partial charge in [0.05, 0.1) is 17.9 Å². The van der Waals surface area contributed by atoms with Crippen molar-refractivity contribution in [3.05, 3.63) is 57.5 Å². The molecule has 134 valence electrons. The third kappa shape index (κ3) is 6.59. The lowest BCUT2D eigenvalue weighted by Crippen LogP contribution is -2.09. The molecule has 0 fully saturated rings. The Hall–Kier alpha value is -1.73. The zero-order valence-electron chi connectivity index (χ0n) is 14.4. The fourth-order valence-corrected chi connectivity index (χ4v) is 3.41. The maximum absolute atomic E-state index is 11.8. The Balaban J connectivity index is 1.96. The van der Waals surface area contributed by atoms with Crippen molar-refractivity contribution in [3.8, 4) is 0 Å². The van der Waals surface area contributed by atoms with Crippen LogP contribution in [0.2, 0.25) is 0 Å².